The number of nitrogens with one attached hydrogen (secondary N) is 4. The van der Waals surface area contributed by atoms with E-state index in [4.69, 9.17) is 28.9 Å². The molecule has 3 aromatic rings. The minimum absolute atomic E-state index is 0.00635. The van der Waals surface area contributed by atoms with Crippen molar-refractivity contribution in [3.63, 3.8) is 0 Å². The van der Waals surface area contributed by atoms with Crippen molar-refractivity contribution >= 4 is 56.2 Å². The summed E-state index contributed by atoms with van der Waals surface area (Å²) in [6.45, 7) is 22.4. The third-order valence-electron chi connectivity index (χ3n) is 12.0. The summed E-state index contributed by atoms with van der Waals surface area (Å²) in [6.07, 6.45) is 1.13. The first-order chi connectivity index (χ1) is 30.6. The number of carbonyl (C=O) groups excluding carboxylic acids is 2. The molecular weight excluding hydrogens is 809 g/mol. The fraction of sp³-hybridized carbons (Fsp3) is 0.560. The highest BCUT2D eigenvalue weighted by molar-refractivity contribution is 5.97. The number of amides is 2. The molecule has 0 fully saturated rings. The predicted molar refractivity (Wildman–Crippen MR) is 259 cm³/mol. The summed E-state index contributed by atoms with van der Waals surface area (Å²) >= 11 is 0. The molecule has 0 aromatic carbocycles. The lowest BCUT2D eigenvalue weighted by Crippen LogP contribution is -2.31. The fourth-order valence-electron chi connectivity index (χ4n) is 8.34. The number of rotatable bonds is 24. The zero-order valence-corrected chi connectivity index (χ0v) is 40.6. The molecule has 0 saturated carbocycles. The number of aryl methyl sites for hydroxylation is 2. The van der Waals surface area contributed by atoms with Gasteiger partial charge in [0.25, 0.3) is 0 Å². The lowest BCUT2D eigenvalue weighted by Gasteiger charge is -2.14. The van der Waals surface area contributed by atoms with Crippen molar-refractivity contribution in [3.8, 4) is 0 Å². The van der Waals surface area contributed by atoms with Gasteiger partial charge in [0.1, 0.15) is 0 Å². The molecule has 2 aliphatic heterocycles. The number of aromatic nitrogens is 4. The number of hydrogen-bond acceptors (Lipinski definition) is 10. The summed E-state index contributed by atoms with van der Waals surface area (Å²) < 4.78 is 24.1. The molecule has 0 aliphatic carbocycles. The van der Waals surface area contributed by atoms with Gasteiger partial charge >= 0.3 is 0 Å². The van der Waals surface area contributed by atoms with Crippen LogP contribution in [0.15, 0.2) is 24.3 Å². The molecule has 2 aliphatic rings. The molecule has 14 heteroatoms. The Kier molecular flexibility index (Phi) is 18.9. The second-order valence-electron chi connectivity index (χ2n) is 17.3. The zero-order valence-electron chi connectivity index (χ0n) is 40.6. The molecule has 350 valence electrons. The van der Waals surface area contributed by atoms with Gasteiger partial charge in [0.15, 0.2) is 0 Å². The van der Waals surface area contributed by atoms with Crippen LogP contribution in [-0.4, -0.2) is 136 Å². The lowest BCUT2D eigenvalue weighted by atomic mass is 9.98. The highest BCUT2D eigenvalue weighted by Gasteiger charge is 2.25. The molecule has 2 amide bonds. The minimum atomic E-state index is -0.259. The topological polar surface area (TPSA) is 159 Å². The Labute approximate surface area is 380 Å². The van der Waals surface area contributed by atoms with Gasteiger partial charge in [-0.05, 0) is 154 Å². The molecule has 3 aromatic heterocycles. The van der Waals surface area contributed by atoms with Gasteiger partial charge < -0.3 is 49.3 Å². The van der Waals surface area contributed by atoms with Gasteiger partial charge in [-0.3, -0.25) is 9.59 Å². The summed E-state index contributed by atoms with van der Waals surface area (Å²) in [7, 11) is 7.97. The third-order valence-corrected chi connectivity index (χ3v) is 12.0. The smallest absolute Gasteiger partial charge is 0.220 e. The van der Waals surface area contributed by atoms with Gasteiger partial charge in [0.05, 0.1) is 61.4 Å². The number of allylic oxidation sites excluding steroid dienone is 4. The monoisotopic (exact) mass is 883 g/mol. The van der Waals surface area contributed by atoms with Crippen molar-refractivity contribution in [3.05, 3.63) is 69.3 Å². The average molecular weight is 883 g/mol. The molecule has 2 unspecified atom stereocenters. The van der Waals surface area contributed by atoms with E-state index >= 15 is 0 Å². The Hall–Kier alpha value is -4.70. The summed E-state index contributed by atoms with van der Waals surface area (Å²) in [4.78, 5) is 48.6. The Morgan fingerprint density at radius 3 is 1.42 bits per heavy atom. The molecule has 4 N–H and O–H groups in total. The van der Waals surface area contributed by atoms with E-state index in [1.807, 2.05) is 57.9 Å². The standard InChI is InChI=1S/C50H74N8O6/c1-13-61-23-25-63-35(7)49-33(5)41-27-39-31(3)37(15-17-47(59)51-19-21-57(9)10)43(53-39)30-44-38(16-18-48(60)52-20-22-58(11)12)32(4)40(54-44)28-45-50(36(8)64-26-24-62-14-2)34(6)42(56-45)29-46(49)55-41/h27-30,35-36,55-56H,13-26H2,1-12H3,(H,51,59)(H,52,60). The van der Waals surface area contributed by atoms with Crippen LogP contribution in [0.3, 0.4) is 0 Å². The van der Waals surface area contributed by atoms with E-state index in [-0.39, 0.29) is 24.0 Å². The second-order valence-corrected chi connectivity index (χ2v) is 17.3. The van der Waals surface area contributed by atoms with E-state index in [0.29, 0.717) is 78.4 Å². The van der Waals surface area contributed by atoms with E-state index in [9.17, 15) is 9.59 Å². The van der Waals surface area contributed by atoms with Crippen molar-refractivity contribution < 1.29 is 28.5 Å². The molecule has 8 bridgehead atoms. The Morgan fingerprint density at radius 1 is 0.594 bits per heavy atom. The largest absolute Gasteiger partial charge is 0.379 e. The molecule has 0 radical (unpaired) electrons. The molecular formula is C50H74N8O6. The first kappa shape index (κ1) is 50.3. The second kappa shape index (κ2) is 24.0. The highest BCUT2D eigenvalue weighted by atomic mass is 16.5. The molecule has 64 heavy (non-hydrogen) atoms. The van der Waals surface area contributed by atoms with Gasteiger partial charge in [-0.2, -0.15) is 0 Å². The number of likely N-dealkylation sites (N-methyl/N-ethyl adjacent to an activating group) is 2. The van der Waals surface area contributed by atoms with Crippen molar-refractivity contribution in [2.45, 2.75) is 93.3 Å². The SMILES string of the molecule is CCOCCOC(C)c1c(C)c2cc3[nH]c(cc4nc(cc5nc(cc1[nH]2)C(C)=C5CCC(=O)NCCN(C)C)C(CCC(=O)NCCN(C)C)=C4C)c(C)c3C(C)OCCOCC. The van der Waals surface area contributed by atoms with Crippen LogP contribution in [0, 0.1) is 13.8 Å². The Balaban J connectivity index is 1.76. The Bertz CT molecular complexity index is 2320. The normalized spacial score (nSPS) is 14.0. The number of nitrogens with zero attached hydrogens (tertiary/aromatic N) is 4. The van der Waals surface area contributed by atoms with Gasteiger partial charge in [0.2, 0.25) is 11.8 Å². The quantitative estimate of drug-likeness (QED) is 0.0651. The summed E-state index contributed by atoms with van der Waals surface area (Å²) in [5.41, 5.74) is 15.0. The van der Waals surface area contributed by atoms with Crippen molar-refractivity contribution in [1.82, 2.24) is 40.4 Å². The average Bonchev–Trinajstić information content (AvgIpc) is 3.91. The summed E-state index contributed by atoms with van der Waals surface area (Å²) in [6, 6.07) is 8.43. The van der Waals surface area contributed by atoms with Crippen LogP contribution < -0.4 is 10.6 Å². The van der Waals surface area contributed by atoms with Crippen LogP contribution in [0.5, 0.6) is 0 Å². The molecule has 5 rings (SSSR count). The predicted octanol–water partition coefficient (Wildman–Crippen LogP) is 7.94. The van der Waals surface area contributed by atoms with Crippen molar-refractivity contribution in [2.75, 3.05) is 94.0 Å². The fourth-order valence-corrected chi connectivity index (χ4v) is 8.34. The zero-order chi connectivity index (χ0) is 46.5. The number of carbonyl (C=O) groups is 2. The number of H-pyrrole nitrogens is 2. The summed E-state index contributed by atoms with van der Waals surface area (Å²) in [5, 5.41) is 6.15. The van der Waals surface area contributed by atoms with Crippen LogP contribution in [0.25, 0.3) is 44.4 Å². The Morgan fingerprint density at radius 2 is 1.00 bits per heavy atom. The van der Waals surface area contributed by atoms with Crippen molar-refractivity contribution in [1.29, 1.82) is 0 Å². The van der Waals surface area contributed by atoms with Crippen molar-refractivity contribution in [2.24, 2.45) is 0 Å². The van der Waals surface area contributed by atoms with E-state index in [2.05, 4.69) is 80.3 Å². The number of aromatic amines is 2. The molecule has 5 heterocycles. The molecule has 14 nitrogen and oxygen atoms in total. The molecule has 2 atom stereocenters. The number of hydrogen-bond donors (Lipinski definition) is 4. The lowest BCUT2D eigenvalue weighted by molar-refractivity contribution is -0.121. The van der Waals surface area contributed by atoms with Crippen LogP contribution in [0.1, 0.15) is 124 Å². The van der Waals surface area contributed by atoms with Crippen LogP contribution in [0.4, 0.5) is 0 Å². The van der Waals surface area contributed by atoms with E-state index < -0.39 is 0 Å². The van der Waals surface area contributed by atoms with Crippen LogP contribution in [0.2, 0.25) is 0 Å². The first-order valence-corrected chi connectivity index (χ1v) is 23.0. The molecule has 0 spiro atoms. The highest BCUT2D eigenvalue weighted by Crippen LogP contribution is 2.39. The van der Waals surface area contributed by atoms with E-state index in [1.54, 1.807) is 0 Å². The van der Waals surface area contributed by atoms with Gasteiger partial charge in [-0.25, -0.2) is 9.97 Å². The summed E-state index contributed by atoms with van der Waals surface area (Å²) in [5.74, 6) is -0.0139. The van der Waals surface area contributed by atoms with Crippen LogP contribution >= 0.6 is 0 Å². The van der Waals surface area contributed by atoms with Crippen LogP contribution in [-0.2, 0) is 28.5 Å². The van der Waals surface area contributed by atoms with Gasteiger partial charge in [-0.1, -0.05) is 0 Å². The number of fused-ring (bicyclic) bond motifs is 8. The van der Waals surface area contributed by atoms with Gasteiger partial charge in [0, 0.05) is 85.4 Å². The molecule has 0 saturated heterocycles. The van der Waals surface area contributed by atoms with Gasteiger partial charge in [-0.15, -0.1) is 0 Å². The first-order valence-electron chi connectivity index (χ1n) is 23.0. The maximum absolute atomic E-state index is 13.2. The maximum atomic E-state index is 13.2. The van der Waals surface area contributed by atoms with E-state index in [1.165, 1.54) is 0 Å². The third kappa shape index (κ3) is 13.2. The maximum Gasteiger partial charge on any atom is 0.220 e. The number of ether oxygens (including phenoxy) is 4. The minimum Gasteiger partial charge on any atom is -0.379 e. The van der Waals surface area contributed by atoms with E-state index in [0.717, 1.165) is 102 Å².